The maximum atomic E-state index is 12.4. The van der Waals surface area contributed by atoms with Crippen molar-refractivity contribution >= 4 is 44.8 Å². The van der Waals surface area contributed by atoms with Crippen LogP contribution in [0.5, 0.6) is 0 Å². The lowest BCUT2D eigenvalue weighted by Crippen LogP contribution is -2.33. The van der Waals surface area contributed by atoms with E-state index in [0.717, 1.165) is 29.3 Å². The molecule has 0 aliphatic heterocycles. The number of carbonyl (C=O) groups is 2. The van der Waals surface area contributed by atoms with Crippen molar-refractivity contribution in [3.8, 4) is 0 Å². The monoisotopic (exact) mass is 406 g/mol. The lowest BCUT2D eigenvalue weighted by molar-refractivity contribution is -0.115. The van der Waals surface area contributed by atoms with E-state index in [2.05, 4.69) is 33.5 Å². The lowest BCUT2D eigenvalue weighted by atomic mass is 9.88. The molecule has 6 heteroatoms. The minimum absolute atomic E-state index is 0.0405. The normalized spacial score (nSPS) is 16.3. The second-order valence-electron chi connectivity index (χ2n) is 6.11. The van der Waals surface area contributed by atoms with E-state index in [9.17, 15) is 9.59 Å². The number of nitrogens with one attached hydrogen (secondary N) is 2. The molecule has 4 nitrogen and oxygen atoms in total. The van der Waals surface area contributed by atoms with E-state index >= 15 is 0 Å². The zero-order valence-corrected chi connectivity index (χ0v) is 15.8. The SMILES string of the molecule is CC1CCc2c(C(=O)NCC(=O)Nc3ccccc3Br)csc2C1. The first-order valence-corrected chi connectivity index (χ1v) is 9.63. The predicted molar refractivity (Wildman–Crippen MR) is 101 cm³/mol. The Morgan fingerprint density at radius 2 is 2.12 bits per heavy atom. The quantitative estimate of drug-likeness (QED) is 0.805. The Bertz CT molecular complexity index is 772. The van der Waals surface area contributed by atoms with Crippen molar-refractivity contribution in [2.75, 3.05) is 11.9 Å². The van der Waals surface area contributed by atoms with E-state index in [1.807, 2.05) is 23.6 Å². The van der Waals surface area contributed by atoms with Crippen LogP contribution in [0.4, 0.5) is 5.69 Å². The van der Waals surface area contributed by atoms with Crippen LogP contribution in [0.15, 0.2) is 34.1 Å². The van der Waals surface area contributed by atoms with E-state index in [1.54, 1.807) is 17.4 Å². The number of anilines is 1. The fourth-order valence-electron chi connectivity index (χ4n) is 2.88. The molecule has 0 fully saturated rings. The number of thiophene rings is 1. The number of hydrogen-bond donors (Lipinski definition) is 2. The summed E-state index contributed by atoms with van der Waals surface area (Å²) in [7, 11) is 0. The molecule has 0 spiro atoms. The van der Waals surface area contributed by atoms with Gasteiger partial charge in [0.15, 0.2) is 0 Å². The van der Waals surface area contributed by atoms with Crippen LogP contribution in [0, 0.1) is 5.92 Å². The summed E-state index contributed by atoms with van der Waals surface area (Å²) < 4.78 is 0.811. The van der Waals surface area contributed by atoms with E-state index in [-0.39, 0.29) is 18.4 Å². The fourth-order valence-corrected chi connectivity index (χ4v) is 4.51. The minimum Gasteiger partial charge on any atom is -0.343 e. The van der Waals surface area contributed by atoms with Crippen molar-refractivity contribution in [2.24, 2.45) is 5.92 Å². The second-order valence-corrected chi connectivity index (χ2v) is 7.93. The van der Waals surface area contributed by atoms with Gasteiger partial charge in [-0.25, -0.2) is 0 Å². The highest BCUT2D eigenvalue weighted by Crippen LogP contribution is 2.32. The Morgan fingerprint density at radius 1 is 1.33 bits per heavy atom. The maximum Gasteiger partial charge on any atom is 0.252 e. The van der Waals surface area contributed by atoms with Gasteiger partial charge in [0, 0.05) is 14.7 Å². The molecule has 126 valence electrons. The summed E-state index contributed by atoms with van der Waals surface area (Å²) >= 11 is 5.04. The van der Waals surface area contributed by atoms with Crippen molar-refractivity contribution in [3.05, 3.63) is 50.1 Å². The van der Waals surface area contributed by atoms with Crippen LogP contribution in [0.2, 0.25) is 0 Å². The van der Waals surface area contributed by atoms with Gasteiger partial charge in [-0.1, -0.05) is 19.1 Å². The molecule has 1 aromatic carbocycles. The van der Waals surface area contributed by atoms with Gasteiger partial charge < -0.3 is 10.6 Å². The molecule has 2 aromatic rings. The molecule has 1 atom stereocenters. The molecule has 0 saturated heterocycles. The molecule has 2 N–H and O–H groups in total. The van der Waals surface area contributed by atoms with Crippen molar-refractivity contribution in [2.45, 2.75) is 26.2 Å². The summed E-state index contributed by atoms with van der Waals surface area (Å²) in [6.45, 7) is 2.20. The van der Waals surface area contributed by atoms with Gasteiger partial charge in [0.05, 0.1) is 17.8 Å². The summed E-state index contributed by atoms with van der Waals surface area (Å²) in [4.78, 5) is 25.7. The van der Waals surface area contributed by atoms with Gasteiger partial charge in [0.1, 0.15) is 0 Å². The molecule has 1 unspecified atom stereocenters. The first kappa shape index (κ1) is 17.2. The third kappa shape index (κ3) is 3.87. The molecule has 1 aliphatic rings. The molecular formula is C18H19BrN2O2S. The smallest absolute Gasteiger partial charge is 0.252 e. The summed E-state index contributed by atoms with van der Waals surface area (Å²) in [6, 6.07) is 7.38. The highest BCUT2D eigenvalue weighted by atomic mass is 79.9. The fraction of sp³-hybridized carbons (Fsp3) is 0.333. The second kappa shape index (κ2) is 7.49. The Kier molecular flexibility index (Phi) is 5.36. The van der Waals surface area contributed by atoms with E-state index in [4.69, 9.17) is 0 Å². The molecule has 1 heterocycles. The summed E-state index contributed by atoms with van der Waals surface area (Å²) in [5, 5.41) is 7.43. The van der Waals surface area contributed by atoms with Crippen molar-refractivity contribution in [1.29, 1.82) is 0 Å². The molecule has 1 aromatic heterocycles. The van der Waals surface area contributed by atoms with Crippen LogP contribution in [0.25, 0.3) is 0 Å². The van der Waals surface area contributed by atoms with Crippen molar-refractivity contribution in [1.82, 2.24) is 5.32 Å². The van der Waals surface area contributed by atoms with Gasteiger partial charge in [0.25, 0.3) is 5.91 Å². The number of carbonyl (C=O) groups excluding carboxylic acids is 2. The third-order valence-corrected chi connectivity index (χ3v) is 5.95. The number of fused-ring (bicyclic) bond motifs is 1. The van der Waals surface area contributed by atoms with Crippen LogP contribution < -0.4 is 10.6 Å². The van der Waals surface area contributed by atoms with Gasteiger partial charge in [-0.2, -0.15) is 0 Å². The minimum atomic E-state index is -0.243. The molecule has 0 saturated carbocycles. The molecule has 0 radical (unpaired) electrons. The number of amides is 2. The Balaban J connectivity index is 1.58. The average Bonchev–Trinajstić information content (AvgIpc) is 2.98. The molecule has 1 aliphatic carbocycles. The van der Waals surface area contributed by atoms with Crippen molar-refractivity contribution < 1.29 is 9.59 Å². The van der Waals surface area contributed by atoms with E-state index in [0.29, 0.717) is 11.6 Å². The van der Waals surface area contributed by atoms with Crippen LogP contribution in [0.3, 0.4) is 0 Å². The molecule has 3 rings (SSSR count). The molecular weight excluding hydrogens is 388 g/mol. The molecule has 0 bridgehead atoms. The zero-order valence-electron chi connectivity index (χ0n) is 13.4. The lowest BCUT2D eigenvalue weighted by Gasteiger charge is -2.18. The maximum absolute atomic E-state index is 12.4. The number of para-hydroxylation sites is 1. The van der Waals surface area contributed by atoms with E-state index in [1.165, 1.54) is 10.4 Å². The average molecular weight is 407 g/mol. The first-order valence-electron chi connectivity index (χ1n) is 7.96. The summed E-state index contributed by atoms with van der Waals surface area (Å²) in [6.07, 6.45) is 3.12. The van der Waals surface area contributed by atoms with Gasteiger partial charge in [-0.05, 0) is 58.8 Å². The predicted octanol–water partition coefficient (Wildman–Crippen LogP) is 4.00. The highest BCUT2D eigenvalue weighted by Gasteiger charge is 2.23. The Hall–Kier alpha value is -1.66. The Labute approximate surface area is 153 Å². The highest BCUT2D eigenvalue weighted by molar-refractivity contribution is 9.10. The number of benzene rings is 1. The van der Waals surface area contributed by atoms with Gasteiger partial charge in [0.2, 0.25) is 5.91 Å². The Morgan fingerprint density at radius 3 is 2.92 bits per heavy atom. The first-order chi connectivity index (χ1) is 11.5. The van der Waals surface area contributed by atoms with Gasteiger partial charge >= 0.3 is 0 Å². The van der Waals surface area contributed by atoms with E-state index < -0.39 is 0 Å². The van der Waals surface area contributed by atoms with Crippen LogP contribution in [-0.2, 0) is 17.6 Å². The molecule has 24 heavy (non-hydrogen) atoms. The number of halogens is 1. The third-order valence-electron chi connectivity index (χ3n) is 4.20. The number of rotatable bonds is 4. The standard InChI is InChI=1S/C18H19BrN2O2S/c1-11-6-7-12-13(10-24-16(12)8-11)18(23)20-9-17(22)21-15-5-3-2-4-14(15)19/h2-5,10-11H,6-9H2,1H3,(H,20,23)(H,21,22). The van der Waals surface area contributed by atoms with Crippen LogP contribution in [0.1, 0.15) is 34.1 Å². The van der Waals surface area contributed by atoms with Crippen LogP contribution >= 0.6 is 27.3 Å². The van der Waals surface area contributed by atoms with Gasteiger partial charge in [-0.3, -0.25) is 9.59 Å². The summed E-state index contributed by atoms with van der Waals surface area (Å²) in [5.41, 5.74) is 2.59. The van der Waals surface area contributed by atoms with Crippen molar-refractivity contribution in [3.63, 3.8) is 0 Å². The van der Waals surface area contributed by atoms with Gasteiger partial charge in [-0.15, -0.1) is 11.3 Å². The van der Waals surface area contributed by atoms with Crippen LogP contribution in [-0.4, -0.2) is 18.4 Å². The topological polar surface area (TPSA) is 58.2 Å². The number of hydrogen-bond acceptors (Lipinski definition) is 3. The zero-order chi connectivity index (χ0) is 17.1. The largest absolute Gasteiger partial charge is 0.343 e. The summed E-state index contributed by atoms with van der Waals surface area (Å²) in [5.74, 6) is 0.277. The molecule has 2 amide bonds.